The minimum Gasteiger partial charge on any atom is -0.512 e. The van der Waals surface area contributed by atoms with Crippen LogP contribution >= 0.6 is 11.3 Å². The van der Waals surface area contributed by atoms with Crippen molar-refractivity contribution in [1.82, 2.24) is 4.98 Å². The van der Waals surface area contributed by atoms with Gasteiger partial charge in [0, 0.05) is 59.5 Å². The summed E-state index contributed by atoms with van der Waals surface area (Å²) < 4.78 is 1.26. The summed E-state index contributed by atoms with van der Waals surface area (Å²) in [5, 5.41) is 13.5. The Kier molecular flexibility index (Phi) is 15.6. The van der Waals surface area contributed by atoms with Crippen molar-refractivity contribution in [1.29, 1.82) is 0 Å². The average Bonchev–Trinajstić information content (AvgIpc) is 3.55. The van der Waals surface area contributed by atoms with Gasteiger partial charge in [-0.25, -0.2) is 0 Å². The van der Waals surface area contributed by atoms with E-state index in [0.717, 1.165) is 48.2 Å². The number of carbonyl (C=O) groups excluding carboxylic acids is 1. The van der Waals surface area contributed by atoms with Crippen LogP contribution in [0.5, 0.6) is 0 Å². The Balaban J connectivity index is 0.000000333. The Morgan fingerprint density at radius 1 is 0.877 bits per heavy atom. The molecule has 5 aromatic rings. The van der Waals surface area contributed by atoms with Crippen LogP contribution in [-0.2, 0) is 30.3 Å². The number of rotatable bonds is 10. The predicted molar refractivity (Wildman–Crippen MR) is 241 cm³/mol. The van der Waals surface area contributed by atoms with Gasteiger partial charge in [0.2, 0.25) is 0 Å². The van der Waals surface area contributed by atoms with Crippen LogP contribution in [0.25, 0.3) is 42.6 Å². The van der Waals surface area contributed by atoms with Gasteiger partial charge in [-0.05, 0) is 116 Å². The standard InChI is InChI=1S/C39H42NS.C13H24O2.Ir/c1-26-32-18-23-40-35(31-24-30-10-6-7-11-33(30)34(25-31)38(2,3)4)37(32)41-36(26)29-14-12-27(13-15-29)28-16-21-39(22-17-28)19-8-5-9-20-39;1-5-10(6-2)12(14)9-13(15)11(7-3)8-4;/h6-7,10-15,18,23,25,28H,5,8-9,16-17,19-22H2,1-4H3;9-11,14H,5-8H2,1-4H3;/q-1;;/b;12-9-;. The number of hydrogen-bond acceptors (Lipinski definition) is 4. The van der Waals surface area contributed by atoms with Gasteiger partial charge in [0.25, 0.3) is 0 Å². The van der Waals surface area contributed by atoms with Gasteiger partial charge in [-0.1, -0.05) is 121 Å². The fourth-order valence-corrected chi connectivity index (χ4v) is 11.0. The molecule has 1 radical (unpaired) electrons. The number of thiophene rings is 1. The van der Waals surface area contributed by atoms with E-state index in [0.29, 0.717) is 5.41 Å². The Morgan fingerprint density at radius 2 is 1.51 bits per heavy atom. The van der Waals surface area contributed by atoms with E-state index in [2.05, 4.69) is 94.4 Å². The Labute approximate surface area is 361 Å². The van der Waals surface area contributed by atoms with Crippen molar-refractivity contribution in [2.24, 2.45) is 17.3 Å². The smallest absolute Gasteiger partial charge is 0.162 e. The summed E-state index contributed by atoms with van der Waals surface area (Å²) >= 11 is 1.89. The van der Waals surface area contributed by atoms with Gasteiger partial charge in [0.05, 0.1) is 5.76 Å². The SMILES string of the molecule is CCC(CC)C(=O)/C=C(\O)C(CC)CC.Cc1c(-c2ccc(C3CCC4(CCCCC4)CC3)cc2)sc2c(-c3[c-]c4ccccc4c(C(C)(C)C)c3)nccc12.[Ir]. The second-order valence-corrected chi connectivity index (χ2v) is 19.0. The first kappa shape index (κ1) is 45.0. The largest absolute Gasteiger partial charge is 0.512 e. The molecule has 0 saturated heterocycles. The minimum absolute atomic E-state index is 0. The molecule has 0 unspecified atom stereocenters. The van der Waals surface area contributed by atoms with E-state index in [1.165, 1.54) is 101 Å². The maximum Gasteiger partial charge on any atom is 0.162 e. The zero-order valence-corrected chi connectivity index (χ0v) is 39.1. The number of carbonyl (C=O) groups is 1. The normalized spacial score (nSPS) is 16.2. The number of aliphatic hydroxyl groups is 1. The molecular weight excluding hydrogens is 895 g/mol. The van der Waals surface area contributed by atoms with Crippen LogP contribution in [0.15, 0.2) is 78.7 Å². The molecule has 0 amide bonds. The van der Waals surface area contributed by atoms with E-state index in [9.17, 15) is 9.90 Å². The van der Waals surface area contributed by atoms with Crippen molar-refractivity contribution in [2.45, 2.75) is 150 Å². The van der Waals surface area contributed by atoms with Gasteiger partial charge < -0.3 is 5.11 Å². The second-order valence-electron chi connectivity index (χ2n) is 17.9. The molecule has 3 aromatic carbocycles. The van der Waals surface area contributed by atoms with E-state index in [1.807, 2.05) is 45.2 Å². The van der Waals surface area contributed by atoms with Gasteiger partial charge in [-0.15, -0.1) is 40.5 Å². The molecule has 307 valence electrons. The number of aryl methyl sites for hydroxylation is 1. The summed E-state index contributed by atoms with van der Waals surface area (Å²) in [6, 6.07) is 26.5. The molecule has 0 bridgehead atoms. The molecule has 0 atom stereocenters. The summed E-state index contributed by atoms with van der Waals surface area (Å²) in [5.41, 5.74) is 8.44. The maximum atomic E-state index is 11.7. The van der Waals surface area contributed by atoms with Crippen molar-refractivity contribution in [3.05, 3.63) is 101 Å². The molecule has 1 N–H and O–H groups in total. The monoisotopic (exact) mass is 961 g/mol. The van der Waals surface area contributed by atoms with Crippen molar-refractivity contribution >= 4 is 38.0 Å². The van der Waals surface area contributed by atoms with Gasteiger partial charge >= 0.3 is 0 Å². The average molecular weight is 961 g/mol. The molecule has 2 saturated carbocycles. The van der Waals surface area contributed by atoms with Crippen molar-refractivity contribution < 1.29 is 30.0 Å². The van der Waals surface area contributed by atoms with E-state index < -0.39 is 0 Å². The number of nitrogens with zero attached hydrogens (tertiary/aromatic N) is 1. The summed E-state index contributed by atoms with van der Waals surface area (Å²) in [4.78, 5) is 18.0. The third-order valence-electron chi connectivity index (χ3n) is 13.4. The third-order valence-corrected chi connectivity index (χ3v) is 14.7. The van der Waals surface area contributed by atoms with Gasteiger partial charge in [0.1, 0.15) is 0 Å². The molecule has 5 heteroatoms. The molecule has 7 rings (SSSR count). The number of allylic oxidation sites excluding steroid dienone is 2. The summed E-state index contributed by atoms with van der Waals surface area (Å²) in [7, 11) is 0. The van der Waals surface area contributed by atoms with Gasteiger partial charge in [0.15, 0.2) is 5.78 Å². The summed E-state index contributed by atoms with van der Waals surface area (Å²) in [6.07, 6.45) is 19.8. The first-order valence-electron chi connectivity index (χ1n) is 21.8. The molecule has 2 aliphatic rings. The summed E-state index contributed by atoms with van der Waals surface area (Å²) in [6.45, 7) is 17.2. The number of aromatic nitrogens is 1. The van der Waals surface area contributed by atoms with Crippen molar-refractivity contribution in [3.63, 3.8) is 0 Å². The number of benzene rings is 3. The van der Waals surface area contributed by atoms with Crippen LogP contribution in [-0.4, -0.2) is 15.9 Å². The molecule has 2 aromatic heterocycles. The van der Waals surface area contributed by atoms with E-state index in [4.69, 9.17) is 4.98 Å². The van der Waals surface area contributed by atoms with Crippen LogP contribution in [0.1, 0.15) is 155 Å². The van der Waals surface area contributed by atoms with Crippen LogP contribution in [0, 0.1) is 30.2 Å². The molecule has 2 aliphatic carbocycles. The molecule has 2 heterocycles. The van der Waals surface area contributed by atoms with Gasteiger partial charge in [-0.3, -0.25) is 9.78 Å². The number of ketones is 1. The zero-order chi connectivity index (χ0) is 40.0. The molecule has 3 nitrogen and oxygen atoms in total. The van der Waals surface area contributed by atoms with Gasteiger partial charge in [-0.2, -0.15) is 0 Å². The molecule has 0 aliphatic heterocycles. The maximum absolute atomic E-state index is 11.7. The third kappa shape index (κ3) is 10.2. The van der Waals surface area contributed by atoms with Crippen LogP contribution < -0.4 is 0 Å². The molecule has 57 heavy (non-hydrogen) atoms. The first-order chi connectivity index (χ1) is 26.9. The van der Waals surface area contributed by atoms with E-state index >= 15 is 0 Å². The van der Waals surface area contributed by atoms with E-state index in [-0.39, 0.29) is 48.9 Å². The molecular formula is C52H66IrNO2S-. The second kappa shape index (κ2) is 19.8. The number of aliphatic hydroxyl groups excluding tert-OH is 1. The van der Waals surface area contributed by atoms with Crippen LogP contribution in [0.2, 0.25) is 0 Å². The Hall–Kier alpha value is -3.11. The quantitative estimate of drug-likeness (QED) is 0.0862. The minimum atomic E-state index is 0. The number of pyridine rings is 1. The fraction of sp³-hybridized carbons (Fsp3) is 0.500. The fourth-order valence-electron chi connectivity index (χ4n) is 9.64. The molecule has 2 fully saturated rings. The van der Waals surface area contributed by atoms with Crippen molar-refractivity contribution in [2.75, 3.05) is 0 Å². The zero-order valence-electron chi connectivity index (χ0n) is 35.9. The Morgan fingerprint density at radius 3 is 2.12 bits per heavy atom. The topological polar surface area (TPSA) is 50.2 Å². The van der Waals surface area contributed by atoms with Crippen molar-refractivity contribution in [3.8, 4) is 21.7 Å². The summed E-state index contributed by atoms with van der Waals surface area (Å²) in [5.74, 6) is 1.28. The Bertz CT molecular complexity index is 2110. The van der Waals surface area contributed by atoms with E-state index in [1.54, 1.807) is 5.56 Å². The first-order valence-corrected chi connectivity index (χ1v) is 22.6. The van der Waals surface area contributed by atoms with Crippen LogP contribution in [0.3, 0.4) is 0 Å². The predicted octanol–water partition coefficient (Wildman–Crippen LogP) is 15.7. The molecule has 1 spiro atoms. The van der Waals surface area contributed by atoms with Crippen LogP contribution in [0.4, 0.5) is 0 Å². The number of fused-ring (bicyclic) bond motifs is 2. The number of hydrogen-bond donors (Lipinski definition) is 1.